The van der Waals surface area contributed by atoms with Gasteiger partial charge in [-0.2, -0.15) is 11.3 Å². The Bertz CT molecular complexity index is 442. The van der Waals surface area contributed by atoms with Gasteiger partial charge in [0.15, 0.2) is 3.95 Å². The molecular weight excluding hydrogens is 234 g/mol. The lowest BCUT2D eigenvalue weighted by Gasteiger charge is -2.13. The van der Waals surface area contributed by atoms with Crippen LogP contribution in [-0.2, 0) is 6.54 Å². The first-order chi connectivity index (χ1) is 6.75. The number of aromatic nitrogens is 2. The molecule has 74 valence electrons. The molecule has 6 heteroatoms. The van der Waals surface area contributed by atoms with Crippen LogP contribution in [0.2, 0.25) is 0 Å². The normalized spacial score (nSPS) is 10.4. The van der Waals surface area contributed by atoms with Crippen LogP contribution < -0.4 is 4.90 Å². The van der Waals surface area contributed by atoms with Crippen molar-refractivity contribution in [1.82, 2.24) is 10.2 Å². The fourth-order valence-corrected chi connectivity index (χ4v) is 2.61. The Morgan fingerprint density at radius 2 is 2.50 bits per heavy atom. The molecule has 0 saturated heterocycles. The Hall–Kier alpha value is -0.720. The largest absolute Gasteiger partial charge is 0.345 e. The Kier molecular flexibility index (Phi) is 2.95. The molecule has 0 aliphatic rings. The zero-order valence-electron chi connectivity index (χ0n) is 7.56. The van der Waals surface area contributed by atoms with E-state index in [4.69, 9.17) is 12.2 Å². The number of H-pyrrole nitrogens is 1. The highest BCUT2D eigenvalue weighted by Crippen LogP contribution is 2.18. The van der Waals surface area contributed by atoms with Crippen LogP contribution in [0.15, 0.2) is 16.8 Å². The third kappa shape index (κ3) is 2.20. The van der Waals surface area contributed by atoms with Crippen molar-refractivity contribution in [2.45, 2.75) is 6.54 Å². The summed E-state index contributed by atoms with van der Waals surface area (Å²) in [6.45, 7) is 0.875. The van der Waals surface area contributed by atoms with Gasteiger partial charge < -0.3 is 4.90 Å². The lowest BCUT2D eigenvalue weighted by Crippen LogP contribution is -2.15. The lowest BCUT2D eigenvalue weighted by molar-refractivity contribution is 0.896. The molecule has 0 aromatic carbocycles. The van der Waals surface area contributed by atoms with Crippen molar-refractivity contribution in [2.24, 2.45) is 0 Å². The maximum absolute atomic E-state index is 4.98. The summed E-state index contributed by atoms with van der Waals surface area (Å²) in [7, 11) is 2.01. The van der Waals surface area contributed by atoms with Crippen LogP contribution >= 0.6 is 34.9 Å². The highest BCUT2D eigenvalue weighted by molar-refractivity contribution is 7.73. The van der Waals surface area contributed by atoms with E-state index in [2.05, 4.69) is 31.9 Å². The maximum atomic E-state index is 4.98. The summed E-state index contributed by atoms with van der Waals surface area (Å²) in [6.07, 6.45) is 0. The minimum atomic E-state index is 0.720. The van der Waals surface area contributed by atoms with Crippen molar-refractivity contribution in [3.05, 3.63) is 26.3 Å². The van der Waals surface area contributed by atoms with E-state index in [1.54, 1.807) is 11.3 Å². The standard InChI is InChI=1S/C8H9N3S3/c1-11(4-6-2-3-13-5-6)7-9-10-8(12)14-7/h2-3,5H,4H2,1H3,(H,10,12). The molecule has 0 aliphatic carbocycles. The topological polar surface area (TPSA) is 31.9 Å². The van der Waals surface area contributed by atoms with Gasteiger partial charge in [-0.25, -0.2) is 0 Å². The molecule has 1 N–H and O–H groups in total. The molecule has 0 bridgehead atoms. The third-order valence-electron chi connectivity index (χ3n) is 1.75. The molecule has 2 aromatic heterocycles. The average Bonchev–Trinajstić information content (AvgIpc) is 2.75. The fourth-order valence-electron chi connectivity index (χ4n) is 1.11. The van der Waals surface area contributed by atoms with Gasteiger partial charge in [-0.1, -0.05) is 11.3 Å². The Balaban J connectivity index is 2.10. The molecule has 0 fully saturated rings. The van der Waals surface area contributed by atoms with Crippen LogP contribution in [0, 0.1) is 3.95 Å². The van der Waals surface area contributed by atoms with Gasteiger partial charge in [-0.3, -0.25) is 5.10 Å². The predicted molar refractivity (Wildman–Crippen MR) is 63.7 cm³/mol. The molecule has 0 aliphatic heterocycles. The van der Waals surface area contributed by atoms with Crippen molar-refractivity contribution in [1.29, 1.82) is 0 Å². The van der Waals surface area contributed by atoms with E-state index in [-0.39, 0.29) is 0 Å². The van der Waals surface area contributed by atoms with E-state index < -0.39 is 0 Å². The number of rotatable bonds is 3. The molecule has 0 saturated carbocycles. The van der Waals surface area contributed by atoms with E-state index >= 15 is 0 Å². The van der Waals surface area contributed by atoms with Gasteiger partial charge in [-0.15, -0.1) is 5.10 Å². The Morgan fingerprint density at radius 3 is 3.07 bits per heavy atom. The number of nitrogens with one attached hydrogen (secondary N) is 1. The molecule has 2 rings (SSSR count). The van der Waals surface area contributed by atoms with Crippen LogP contribution in [0.25, 0.3) is 0 Å². The molecule has 0 radical (unpaired) electrons. The van der Waals surface area contributed by atoms with Crippen molar-refractivity contribution >= 4 is 40.0 Å². The van der Waals surface area contributed by atoms with E-state index in [0.29, 0.717) is 0 Å². The number of thiophene rings is 1. The van der Waals surface area contributed by atoms with Crippen molar-refractivity contribution in [3.63, 3.8) is 0 Å². The fraction of sp³-hybridized carbons (Fsp3) is 0.250. The summed E-state index contributed by atoms with van der Waals surface area (Å²) in [5.74, 6) is 0. The summed E-state index contributed by atoms with van der Waals surface area (Å²) in [4.78, 5) is 2.08. The number of nitrogens with zero attached hydrogens (tertiary/aromatic N) is 2. The lowest BCUT2D eigenvalue weighted by atomic mass is 10.3. The predicted octanol–water partition coefficient (Wildman–Crippen LogP) is 2.90. The quantitative estimate of drug-likeness (QED) is 0.841. The maximum Gasteiger partial charge on any atom is 0.206 e. The summed E-state index contributed by atoms with van der Waals surface area (Å²) in [6, 6.07) is 2.12. The second-order valence-electron chi connectivity index (χ2n) is 2.88. The highest BCUT2D eigenvalue weighted by atomic mass is 32.1. The first-order valence-corrected chi connectivity index (χ1v) is 6.20. The van der Waals surface area contributed by atoms with Crippen molar-refractivity contribution < 1.29 is 0 Å². The van der Waals surface area contributed by atoms with Gasteiger partial charge >= 0.3 is 0 Å². The van der Waals surface area contributed by atoms with Gasteiger partial charge in [0, 0.05) is 13.6 Å². The number of anilines is 1. The summed E-state index contributed by atoms with van der Waals surface area (Å²) in [5.41, 5.74) is 1.30. The van der Waals surface area contributed by atoms with Gasteiger partial charge in [0.25, 0.3) is 0 Å². The van der Waals surface area contributed by atoms with Crippen LogP contribution in [0.3, 0.4) is 0 Å². The molecular formula is C8H9N3S3. The first-order valence-electron chi connectivity index (χ1n) is 4.03. The molecule has 0 spiro atoms. The molecule has 2 aromatic rings. The SMILES string of the molecule is CN(Cc1ccsc1)c1n[nH]c(=S)s1. The van der Waals surface area contributed by atoms with Gasteiger partial charge in [0.1, 0.15) is 0 Å². The van der Waals surface area contributed by atoms with Crippen LogP contribution in [0.1, 0.15) is 5.56 Å². The third-order valence-corrected chi connectivity index (χ3v) is 3.69. The van der Waals surface area contributed by atoms with E-state index in [9.17, 15) is 0 Å². The minimum Gasteiger partial charge on any atom is -0.345 e. The molecule has 14 heavy (non-hydrogen) atoms. The second kappa shape index (κ2) is 4.20. The van der Waals surface area contributed by atoms with Crippen molar-refractivity contribution in [2.75, 3.05) is 11.9 Å². The zero-order chi connectivity index (χ0) is 9.97. The summed E-state index contributed by atoms with van der Waals surface area (Å²) in [5, 5.41) is 12.0. The summed E-state index contributed by atoms with van der Waals surface area (Å²) >= 11 is 8.18. The number of aromatic amines is 1. The Labute approximate surface area is 95.0 Å². The minimum absolute atomic E-state index is 0.720. The van der Waals surface area contributed by atoms with Crippen LogP contribution in [0.5, 0.6) is 0 Å². The first kappa shape index (κ1) is 9.82. The number of hydrogen-bond acceptors (Lipinski definition) is 5. The molecule has 2 heterocycles. The number of hydrogen-bond donors (Lipinski definition) is 1. The van der Waals surface area contributed by atoms with E-state index in [1.807, 2.05) is 7.05 Å². The molecule has 3 nitrogen and oxygen atoms in total. The molecule has 0 atom stereocenters. The van der Waals surface area contributed by atoms with Crippen LogP contribution in [-0.4, -0.2) is 17.2 Å². The Morgan fingerprint density at radius 1 is 1.64 bits per heavy atom. The van der Waals surface area contributed by atoms with Crippen LogP contribution in [0.4, 0.5) is 5.13 Å². The average molecular weight is 243 g/mol. The highest BCUT2D eigenvalue weighted by Gasteiger charge is 2.05. The van der Waals surface area contributed by atoms with Gasteiger partial charge in [-0.05, 0) is 34.6 Å². The van der Waals surface area contributed by atoms with Gasteiger partial charge in [0.2, 0.25) is 5.13 Å². The smallest absolute Gasteiger partial charge is 0.206 e. The second-order valence-corrected chi connectivity index (χ2v) is 5.31. The van der Waals surface area contributed by atoms with Gasteiger partial charge in [0.05, 0.1) is 0 Å². The molecule has 0 unspecified atom stereocenters. The zero-order valence-corrected chi connectivity index (χ0v) is 10.0. The van der Waals surface area contributed by atoms with E-state index in [0.717, 1.165) is 15.6 Å². The van der Waals surface area contributed by atoms with Crippen molar-refractivity contribution in [3.8, 4) is 0 Å². The van der Waals surface area contributed by atoms with E-state index in [1.165, 1.54) is 16.9 Å². The monoisotopic (exact) mass is 243 g/mol. The molecule has 0 amide bonds. The summed E-state index contributed by atoms with van der Waals surface area (Å²) < 4.78 is 0.720.